The van der Waals surface area contributed by atoms with E-state index in [2.05, 4.69) is 15.6 Å². The average molecular weight is 420 g/mol. The van der Waals surface area contributed by atoms with Crippen LogP contribution in [0.3, 0.4) is 0 Å². The second-order valence-corrected chi connectivity index (χ2v) is 8.40. The Labute approximate surface area is 176 Å². The van der Waals surface area contributed by atoms with E-state index in [9.17, 15) is 9.59 Å². The van der Waals surface area contributed by atoms with Gasteiger partial charge < -0.3 is 10.6 Å². The van der Waals surface area contributed by atoms with E-state index < -0.39 is 0 Å². The molecular formula is C22H17N3O2S2. The van der Waals surface area contributed by atoms with Gasteiger partial charge in [0.1, 0.15) is 0 Å². The van der Waals surface area contributed by atoms with Gasteiger partial charge in [0, 0.05) is 5.69 Å². The molecule has 0 unspecified atom stereocenters. The number of rotatable bonds is 6. The first-order chi connectivity index (χ1) is 14.2. The molecule has 1 heterocycles. The van der Waals surface area contributed by atoms with Crippen LogP contribution in [0.5, 0.6) is 0 Å². The standard InChI is InChI=1S/C22H17N3O2S2/c26-20(14-28-22-25-18-12-6-7-13-19(18)29-22)24-17-11-5-4-10-16(17)21(27)23-15-8-2-1-3-9-15/h1-13H,14H2,(H,23,27)(H,24,26). The van der Waals surface area contributed by atoms with Crippen LogP contribution >= 0.6 is 23.1 Å². The molecular weight excluding hydrogens is 402 g/mol. The molecule has 0 bridgehead atoms. The fourth-order valence-corrected chi connectivity index (χ4v) is 4.60. The van der Waals surface area contributed by atoms with Crippen molar-refractivity contribution in [3.63, 3.8) is 0 Å². The van der Waals surface area contributed by atoms with Crippen LogP contribution < -0.4 is 10.6 Å². The van der Waals surface area contributed by atoms with E-state index in [-0.39, 0.29) is 17.6 Å². The summed E-state index contributed by atoms with van der Waals surface area (Å²) in [5.74, 6) is -0.241. The number of hydrogen-bond donors (Lipinski definition) is 2. The topological polar surface area (TPSA) is 71.1 Å². The van der Waals surface area contributed by atoms with Crippen molar-refractivity contribution in [2.45, 2.75) is 4.34 Å². The van der Waals surface area contributed by atoms with E-state index in [1.165, 1.54) is 11.8 Å². The van der Waals surface area contributed by atoms with Crippen LogP contribution in [0, 0.1) is 0 Å². The van der Waals surface area contributed by atoms with E-state index in [0.29, 0.717) is 16.9 Å². The zero-order valence-electron chi connectivity index (χ0n) is 15.3. The summed E-state index contributed by atoms with van der Waals surface area (Å²) in [6.45, 7) is 0. The Bertz CT molecular complexity index is 1130. The minimum absolute atomic E-state index is 0.186. The number of benzene rings is 3. The zero-order chi connectivity index (χ0) is 20.1. The Kier molecular flexibility index (Phi) is 5.88. The first-order valence-electron chi connectivity index (χ1n) is 8.93. The Morgan fingerprint density at radius 3 is 2.41 bits per heavy atom. The van der Waals surface area contributed by atoms with Crippen molar-refractivity contribution in [3.8, 4) is 0 Å². The molecule has 4 rings (SSSR count). The van der Waals surface area contributed by atoms with Crippen LogP contribution in [-0.2, 0) is 4.79 Å². The molecule has 0 atom stereocenters. The molecule has 7 heteroatoms. The van der Waals surface area contributed by atoms with Crippen molar-refractivity contribution in [1.29, 1.82) is 0 Å². The molecule has 0 saturated carbocycles. The largest absolute Gasteiger partial charge is 0.325 e. The third-order valence-corrected chi connectivity index (χ3v) is 6.26. The van der Waals surface area contributed by atoms with Crippen molar-refractivity contribution in [1.82, 2.24) is 4.98 Å². The van der Waals surface area contributed by atoms with Gasteiger partial charge in [-0.25, -0.2) is 4.98 Å². The van der Waals surface area contributed by atoms with E-state index in [0.717, 1.165) is 14.6 Å². The van der Waals surface area contributed by atoms with E-state index in [1.807, 2.05) is 54.6 Å². The van der Waals surface area contributed by atoms with Crippen LogP contribution in [-0.4, -0.2) is 22.6 Å². The number of hydrogen-bond acceptors (Lipinski definition) is 5. The summed E-state index contributed by atoms with van der Waals surface area (Å²) in [7, 11) is 0. The lowest BCUT2D eigenvalue weighted by atomic mass is 10.1. The third-order valence-electron chi connectivity index (χ3n) is 4.08. The van der Waals surface area contributed by atoms with Gasteiger partial charge in [-0.1, -0.05) is 54.2 Å². The maximum Gasteiger partial charge on any atom is 0.257 e. The summed E-state index contributed by atoms with van der Waals surface area (Å²) >= 11 is 2.95. The van der Waals surface area contributed by atoms with Gasteiger partial charge in [0.05, 0.1) is 27.2 Å². The summed E-state index contributed by atoms with van der Waals surface area (Å²) < 4.78 is 1.94. The minimum atomic E-state index is -0.272. The Morgan fingerprint density at radius 2 is 1.59 bits per heavy atom. The normalized spacial score (nSPS) is 10.6. The molecule has 144 valence electrons. The molecule has 2 N–H and O–H groups in total. The highest BCUT2D eigenvalue weighted by molar-refractivity contribution is 8.01. The Balaban J connectivity index is 1.41. The van der Waals surface area contributed by atoms with E-state index in [1.54, 1.807) is 35.6 Å². The summed E-state index contributed by atoms with van der Waals surface area (Å²) in [4.78, 5) is 29.6. The fraction of sp³-hybridized carbons (Fsp3) is 0.0455. The molecule has 0 aliphatic carbocycles. The lowest BCUT2D eigenvalue weighted by molar-refractivity contribution is -0.113. The van der Waals surface area contributed by atoms with E-state index >= 15 is 0 Å². The van der Waals surface area contributed by atoms with Crippen molar-refractivity contribution in [3.05, 3.63) is 84.4 Å². The number of para-hydroxylation sites is 3. The van der Waals surface area contributed by atoms with Crippen LogP contribution in [0.25, 0.3) is 10.2 Å². The average Bonchev–Trinajstić information content (AvgIpc) is 3.16. The molecule has 0 saturated heterocycles. The van der Waals surface area contributed by atoms with Crippen LogP contribution in [0.4, 0.5) is 11.4 Å². The van der Waals surface area contributed by atoms with Crippen molar-refractivity contribution < 1.29 is 9.59 Å². The number of thioether (sulfide) groups is 1. The predicted octanol–water partition coefficient (Wildman–Crippen LogP) is 5.28. The third kappa shape index (κ3) is 4.82. The first-order valence-corrected chi connectivity index (χ1v) is 10.7. The molecule has 0 aliphatic rings. The molecule has 3 aromatic carbocycles. The molecule has 5 nitrogen and oxygen atoms in total. The van der Waals surface area contributed by atoms with Gasteiger partial charge in [0.25, 0.3) is 5.91 Å². The van der Waals surface area contributed by atoms with Gasteiger partial charge in [0.15, 0.2) is 4.34 Å². The minimum Gasteiger partial charge on any atom is -0.325 e. The highest BCUT2D eigenvalue weighted by Gasteiger charge is 2.14. The van der Waals surface area contributed by atoms with Crippen molar-refractivity contribution >= 4 is 56.5 Å². The molecule has 4 aromatic rings. The number of carbonyl (C=O) groups is 2. The van der Waals surface area contributed by atoms with Gasteiger partial charge in [0.2, 0.25) is 5.91 Å². The van der Waals surface area contributed by atoms with Gasteiger partial charge in [-0.05, 0) is 36.4 Å². The summed E-state index contributed by atoms with van der Waals surface area (Å²) in [6, 6.07) is 24.1. The van der Waals surface area contributed by atoms with Crippen molar-refractivity contribution in [2.75, 3.05) is 16.4 Å². The highest BCUT2D eigenvalue weighted by Crippen LogP contribution is 2.29. The number of aromatic nitrogens is 1. The van der Waals surface area contributed by atoms with Gasteiger partial charge >= 0.3 is 0 Å². The molecule has 0 aliphatic heterocycles. The number of anilines is 2. The smallest absolute Gasteiger partial charge is 0.257 e. The zero-order valence-corrected chi connectivity index (χ0v) is 16.9. The quantitative estimate of drug-likeness (QED) is 0.417. The predicted molar refractivity (Wildman–Crippen MR) is 120 cm³/mol. The van der Waals surface area contributed by atoms with E-state index in [4.69, 9.17) is 0 Å². The Morgan fingerprint density at radius 1 is 0.862 bits per heavy atom. The van der Waals surface area contributed by atoms with Gasteiger partial charge in [-0.2, -0.15) is 0 Å². The molecule has 1 aromatic heterocycles. The number of nitrogens with zero attached hydrogens (tertiary/aromatic N) is 1. The lowest BCUT2D eigenvalue weighted by Gasteiger charge is -2.11. The molecule has 0 radical (unpaired) electrons. The number of amides is 2. The van der Waals surface area contributed by atoms with Gasteiger partial charge in [-0.3, -0.25) is 9.59 Å². The maximum absolute atomic E-state index is 12.6. The van der Waals surface area contributed by atoms with Crippen LogP contribution in [0.2, 0.25) is 0 Å². The Hall–Kier alpha value is -3.16. The van der Waals surface area contributed by atoms with Crippen LogP contribution in [0.15, 0.2) is 83.2 Å². The number of fused-ring (bicyclic) bond motifs is 1. The second kappa shape index (κ2) is 8.89. The first kappa shape index (κ1) is 19.2. The summed E-state index contributed by atoms with van der Waals surface area (Å²) in [5, 5.41) is 5.68. The summed E-state index contributed by atoms with van der Waals surface area (Å²) in [6.07, 6.45) is 0. The molecule has 0 fully saturated rings. The van der Waals surface area contributed by atoms with Gasteiger partial charge in [-0.15, -0.1) is 11.3 Å². The molecule has 0 spiro atoms. The van der Waals surface area contributed by atoms with Crippen molar-refractivity contribution in [2.24, 2.45) is 0 Å². The number of nitrogens with one attached hydrogen (secondary N) is 2. The maximum atomic E-state index is 12.6. The highest BCUT2D eigenvalue weighted by atomic mass is 32.2. The van der Waals surface area contributed by atoms with Crippen LogP contribution in [0.1, 0.15) is 10.4 Å². The fourth-order valence-electron chi connectivity index (χ4n) is 2.74. The SMILES string of the molecule is O=C(CSc1nc2ccccc2s1)Nc1ccccc1C(=O)Nc1ccccc1. The molecule has 29 heavy (non-hydrogen) atoms. The lowest BCUT2D eigenvalue weighted by Crippen LogP contribution is -2.19. The second-order valence-electron chi connectivity index (χ2n) is 6.15. The monoisotopic (exact) mass is 419 g/mol. The number of thiazole rings is 1. The number of carbonyl (C=O) groups excluding carboxylic acids is 2. The summed E-state index contributed by atoms with van der Waals surface area (Å²) in [5.41, 5.74) is 2.53. The molecule has 2 amide bonds.